The van der Waals surface area contributed by atoms with Crippen molar-refractivity contribution in [1.82, 2.24) is 0 Å². The molecule has 0 aromatic carbocycles. The standard InChI is InChI=1S/C20H32O2/c1-3-12-7-8-14-13(12)9-10-15-17(14)19(22)18(21)16-6-4-5-11-20(15,16)2/h3,13-19,21-22H,4-11H2,1-2H3/t13?,14?,15?,16?,17?,18-,19-,20-/m1/s1. The maximum atomic E-state index is 11.0. The molecule has 0 bridgehead atoms. The minimum atomic E-state index is -0.486. The lowest BCUT2D eigenvalue weighted by Gasteiger charge is -2.61. The molecule has 0 aliphatic heterocycles. The molecule has 124 valence electrons. The lowest BCUT2D eigenvalue weighted by molar-refractivity contribution is -0.201. The molecule has 0 spiro atoms. The minimum absolute atomic E-state index is 0.269. The van der Waals surface area contributed by atoms with E-state index in [0.29, 0.717) is 29.6 Å². The fourth-order valence-electron chi connectivity index (χ4n) is 7.20. The number of rotatable bonds is 0. The zero-order chi connectivity index (χ0) is 15.5. The molecule has 4 aliphatic rings. The quantitative estimate of drug-likeness (QED) is 0.666. The fraction of sp³-hybridized carbons (Fsp3) is 0.900. The molecule has 2 N–H and O–H groups in total. The van der Waals surface area contributed by atoms with Crippen LogP contribution in [0.25, 0.3) is 0 Å². The summed E-state index contributed by atoms with van der Waals surface area (Å²) in [6.07, 6.45) is 11.3. The lowest BCUT2D eigenvalue weighted by Crippen LogP contribution is -2.61. The van der Waals surface area contributed by atoms with Gasteiger partial charge in [-0.15, -0.1) is 0 Å². The van der Waals surface area contributed by atoms with Crippen molar-refractivity contribution >= 4 is 0 Å². The molecule has 22 heavy (non-hydrogen) atoms. The Morgan fingerprint density at radius 1 is 1.00 bits per heavy atom. The summed E-state index contributed by atoms with van der Waals surface area (Å²) in [6.45, 7) is 4.61. The van der Waals surface area contributed by atoms with Crippen molar-refractivity contribution in [3.63, 3.8) is 0 Å². The number of fused-ring (bicyclic) bond motifs is 5. The first-order valence-corrected chi connectivity index (χ1v) is 9.59. The van der Waals surface area contributed by atoms with Gasteiger partial charge in [-0.25, -0.2) is 0 Å². The van der Waals surface area contributed by atoms with Crippen LogP contribution >= 0.6 is 0 Å². The zero-order valence-corrected chi connectivity index (χ0v) is 14.2. The van der Waals surface area contributed by atoms with Crippen LogP contribution in [0.1, 0.15) is 65.2 Å². The third-order valence-electron chi connectivity index (χ3n) is 8.21. The smallest absolute Gasteiger partial charge is 0.0835 e. The van der Waals surface area contributed by atoms with Gasteiger partial charge >= 0.3 is 0 Å². The summed E-state index contributed by atoms with van der Waals surface area (Å²) in [4.78, 5) is 0. The van der Waals surface area contributed by atoms with E-state index in [1.54, 1.807) is 5.57 Å². The zero-order valence-electron chi connectivity index (χ0n) is 14.2. The van der Waals surface area contributed by atoms with Crippen LogP contribution in [-0.4, -0.2) is 22.4 Å². The summed E-state index contributed by atoms with van der Waals surface area (Å²) in [7, 11) is 0. The van der Waals surface area contributed by atoms with Crippen LogP contribution < -0.4 is 0 Å². The summed E-state index contributed by atoms with van der Waals surface area (Å²) in [5.41, 5.74) is 1.90. The Hall–Kier alpha value is -0.340. The summed E-state index contributed by atoms with van der Waals surface area (Å²) in [5, 5.41) is 21.8. The van der Waals surface area contributed by atoms with Crippen molar-refractivity contribution in [3.05, 3.63) is 11.6 Å². The van der Waals surface area contributed by atoms with E-state index in [1.807, 2.05) is 0 Å². The van der Waals surface area contributed by atoms with Gasteiger partial charge < -0.3 is 10.2 Å². The van der Waals surface area contributed by atoms with Crippen LogP contribution in [-0.2, 0) is 0 Å². The van der Waals surface area contributed by atoms with Crippen LogP contribution in [0.3, 0.4) is 0 Å². The second-order valence-electron chi connectivity index (χ2n) is 8.77. The maximum Gasteiger partial charge on any atom is 0.0835 e. The molecule has 5 unspecified atom stereocenters. The van der Waals surface area contributed by atoms with E-state index in [1.165, 1.54) is 44.9 Å². The van der Waals surface area contributed by atoms with E-state index in [9.17, 15) is 10.2 Å². The molecule has 4 fully saturated rings. The topological polar surface area (TPSA) is 40.5 Å². The average molecular weight is 304 g/mol. The molecule has 2 nitrogen and oxygen atoms in total. The number of hydrogen-bond acceptors (Lipinski definition) is 2. The number of aliphatic hydroxyl groups excluding tert-OH is 2. The highest BCUT2D eigenvalue weighted by molar-refractivity contribution is 5.19. The molecule has 0 heterocycles. The van der Waals surface area contributed by atoms with Crippen molar-refractivity contribution < 1.29 is 10.2 Å². The van der Waals surface area contributed by atoms with E-state index in [4.69, 9.17) is 0 Å². The lowest BCUT2D eigenvalue weighted by atomic mass is 9.45. The molecule has 0 aromatic rings. The molecule has 4 aliphatic carbocycles. The van der Waals surface area contributed by atoms with Gasteiger partial charge in [0.1, 0.15) is 0 Å². The first-order valence-electron chi connectivity index (χ1n) is 9.59. The van der Waals surface area contributed by atoms with Crippen molar-refractivity contribution in [2.24, 2.45) is 35.0 Å². The van der Waals surface area contributed by atoms with E-state index in [2.05, 4.69) is 19.9 Å². The third kappa shape index (κ3) is 1.92. The number of aliphatic hydroxyl groups is 2. The van der Waals surface area contributed by atoms with Crippen molar-refractivity contribution in [1.29, 1.82) is 0 Å². The van der Waals surface area contributed by atoms with Crippen molar-refractivity contribution in [3.8, 4) is 0 Å². The average Bonchev–Trinajstić information content (AvgIpc) is 2.95. The predicted octanol–water partition coefficient (Wildman–Crippen LogP) is 3.92. The van der Waals surface area contributed by atoms with E-state index >= 15 is 0 Å². The Bertz CT molecular complexity index is 470. The van der Waals surface area contributed by atoms with Crippen molar-refractivity contribution in [2.75, 3.05) is 0 Å². The maximum absolute atomic E-state index is 11.0. The van der Waals surface area contributed by atoms with E-state index < -0.39 is 12.2 Å². The Kier molecular flexibility index (Phi) is 3.69. The molecule has 0 aromatic heterocycles. The second kappa shape index (κ2) is 5.34. The van der Waals surface area contributed by atoms with Gasteiger partial charge in [-0.1, -0.05) is 31.4 Å². The van der Waals surface area contributed by atoms with Gasteiger partial charge in [-0.2, -0.15) is 0 Å². The van der Waals surface area contributed by atoms with Gasteiger partial charge in [-0.3, -0.25) is 0 Å². The van der Waals surface area contributed by atoms with E-state index in [-0.39, 0.29) is 5.41 Å². The van der Waals surface area contributed by atoms with Gasteiger partial charge in [0.25, 0.3) is 0 Å². The summed E-state index contributed by atoms with van der Waals surface area (Å²) >= 11 is 0. The molecule has 8 atom stereocenters. The third-order valence-corrected chi connectivity index (χ3v) is 8.21. The highest BCUT2D eigenvalue weighted by Gasteiger charge is 2.60. The highest BCUT2D eigenvalue weighted by Crippen LogP contribution is 2.63. The highest BCUT2D eigenvalue weighted by atomic mass is 16.3. The van der Waals surface area contributed by atoms with Gasteiger partial charge in [0.05, 0.1) is 12.2 Å². The molecule has 0 saturated heterocycles. The van der Waals surface area contributed by atoms with Crippen LogP contribution in [0, 0.1) is 35.0 Å². The van der Waals surface area contributed by atoms with E-state index in [0.717, 1.165) is 6.42 Å². The predicted molar refractivity (Wildman–Crippen MR) is 88.3 cm³/mol. The summed E-state index contributed by atoms with van der Waals surface area (Å²) in [5.74, 6) is 2.61. The summed E-state index contributed by atoms with van der Waals surface area (Å²) < 4.78 is 0. The molecular formula is C20H32O2. The molecule has 2 heteroatoms. The van der Waals surface area contributed by atoms with Gasteiger partial charge in [-0.05, 0) is 80.5 Å². The van der Waals surface area contributed by atoms with Gasteiger partial charge in [0.15, 0.2) is 0 Å². The molecule has 0 amide bonds. The van der Waals surface area contributed by atoms with Crippen LogP contribution in [0.2, 0.25) is 0 Å². The number of allylic oxidation sites excluding steroid dienone is 2. The van der Waals surface area contributed by atoms with Crippen LogP contribution in [0.4, 0.5) is 0 Å². The minimum Gasteiger partial charge on any atom is -0.390 e. The van der Waals surface area contributed by atoms with Gasteiger partial charge in [0, 0.05) is 0 Å². The normalized spacial score (nSPS) is 56.4. The Morgan fingerprint density at radius 3 is 2.59 bits per heavy atom. The Balaban J connectivity index is 1.70. The number of hydrogen-bond donors (Lipinski definition) is 2. The molecule has 4 rings (SSSR count). The molecule has 0 radical (unpaired) electrons. The monoisotopic (exact) mass is 304 g/mol. The first kappa shape index (κ1) is 15.2. The first-order chi connectivity index (χ1) is 10.6. The SMILES string of the molecule is CC=C1CCC2C1CCC1C2[C@@H](O)[C@H](O)C2CCCC[C@]12C. The molecule has 4 saturated carbocycles. The van der Waals surface area contributed by atoms with Gasteiger partial charge in [0.2, 0.25) is 0 Å². The summed E-state index contributed by atoms with van der Waals surface area (Å²) in [6, 6.07) is 0. The second-order valence-corrected chi connectivity index (χ2v) is 8.77. The molecular weight excluding hydrogens is 272 g/mol. The Morgan fingerprint density at radius 2 is 1.82 bits per heavy atom. The largest absolute Gasteiger partial charge is 0.390 e. The fourth-order valence-corrected chi connectivity index (χ4v) is 7.20. The van der Waals surface area contributed by atoms with Crippen molar-refractivity contribution in [2.45, 2.75) is 77.4 Å². The van der Waals surface area contributed by atoms with Crippen LogP contribution in [0.5, 0.6) is 0 Å². The van der Waals surface area contributed by atoms with Crippen LogP contribution in [0.15, 0.2) is 11.6 Å². The Labute approximate surface area is 135 Å².